The normalized spacial score (nSPS) is 18.2. The van der Waals surface area contributed by atoms with Crippen LogP contribution >= 0.6 is 22.9 Å². The zero-order chi connectivity index (χ0) is 22.2. The zero-order valence-electron chi connectivity index (χ0n) is 17.2. The minimum atomic E-state index is -0.571. The number of hydrogen-bond donors (Lipinski definition) is 2. The van der Waals surface area contributed by atoms with Gasteiger partial charge in [0.05, 0.1) is 12.8 Å². The predicted octanol–water partition coefficient (Wildman–Crippen LogP) is 4.09. The molecule has 6 nitrogen and oxygen atoms in total. The Kier molecular flexibility index (Phi) is 5.65. The number of aliphatic hydroxyl groups excluding tert-OH is 1. The lowest BCUT2D eigenvalue weighted by molar-refractivity contribution is 0.0718. The van der Waals surface area contributed by atoms with Gasteiger partial charge in [-0.15, -0.1) is 11.3 Å². The number of thiophene rings is 1. The van der Waals surface area contributed by atoms with Crippen LogP contribution in [0, 0.1) is 0 Å². The Balaban J connectivity index is 1.50. The minimum absolute atomic E-state index is 0.0983. The first-order valence-corrected chi connectivity index (χ1v) is 11.4. The first-order valence-electron chi connectivity index (χ1n) is 10.2. The molecule has 8 heteroatoms. The van der Waals surface area contributed by atoms with E-state index in [-0.39, 0.29) is 11.7 Å². The maximum Gasteiger partial charge on any atom is 0.273 e. The van der Waals surface area contributed by atoms with Gasteiger partial charge in [-0.2, -0.15) is 0 Å². The third-order valence-corrected chi connectivity index (χ3v) is 6.98. The molecule has 2 unspecified atom stereocenters. The van der Waals surface area contributed by atoms with Crippen LogP contribution in [0.2, 0.25) is 5.02 Å². The summed E-state index contributed by atoms with van der Waals surface area (Å²) in [5.74, 6) is 1.03. The van der Waals surface area contributed by atoms with Gasteiger partial charge in [0.2, 0.25) is 0 Å². The van der Waals surface area contributed by atoms with Gasteiger partial charge < -0.3 is 19.9 Å². The van der Waals surface area contributed by atoms with Crippen molar-refractivity contribution in [1.29, 1.82) is 0 Å². The highest BCUT2D eigenvalue weighted by Crippen LogP contribution is 2.34. The average molecular weight is 469 g/mol. The molecule has 2 atom stereocenters. The summed E-state index contributed by atoms with van der Waals surface area (Å²) in [6, 6.07) is 16.9. The summed E-state index contributed by atoms with van der Waals surface area (Å²) in [5, 5.41) is 14.7. The Hall–Kier alpha value is -2.84. The number of β-amino-alcohol motifs (C(OH)–C–C–N with tert-alkyl or cyclic N) is 1. The predicted molar refractivity (Wildman–Crippen MR) is 128 cm³/mol. The maximum absolute atomic E-state index is 13.3. The highest BCUT2D eigenvalue weighted by atomic mass is 35.5. The summed E-state index contributed by atoms with van der Waals surface area (Å²) in [6.45, 7) is 1.07. The molecule has 5 rings (SSSR count). The highest BCUT2D eigenvalue weighted by molar-refractivity contribution is 7.22. The number of hydrogen-bond acceptors (Lipinski definition) is 6. The third-order valence-electron chi connectivity index (χ3n) is 5.54. The molecule has 32 heavy (non-hydrogen) atoms. The molecular formula is C24H21ClN2O4S. The molecule has 164 valence electrons. The van der Waals surface area contributed by atoms with Gasteiger partial charge in [0.15, 0.2) is 11.5 Å². The Bertz CT molecular complexity index is 1330. The van der Waals surface area contributed by atoms with Crippen molar-refractivity contribution in [3.05, 3.63) is 76.2 Å². The van der Waals surface area contributed by atoms with Crippen molar-refractivity contribution >= 4 is 33.0 Å². The molecule has 1 aliphatic rings. The van der Waals surface area contributed by atoms with Crippen LogP contribution in [0.5, 0.6) is 11.5 Å². The Labute approximate surface area is 193 Å². The molecule has 2 aromatic carbocycles. The second-order valence-electron chi connectivity index (χ2n) is 7.61. The smallest absolute Gasteiger partial charge is 0.273 e. The van der Waals surface area contributed by atoms with Gasteiger partial charge >= 0.3 is 0 Å². The van der Waals surface area contributed by atoms with Crippen molar-refractivity contribution in [2.45, 2.75) is 12.2 Å². The van der Waals surface area contributed by atoms with E-state index < -0.39 is 6.10 Å². The van der Waals surface area contributed by atoms with E-state index in [4.69, 9.17) is 21.1 Å². The van der Waals surface area contributed by atoms with Gasteiger partial charge in [-0.3, -0.25) is 9.36 Å². The molecule has 3 heterocycles. The van der Waals surface area contributed by atoms with Crippen LogP contribution in [0.3, 0.4) is 0 Å². The Morgan fingerprint density at radius 1 is 1.09 bits per heavy atom. The zero-order valence-corrected chi connectivity index (χ0v) is 18.8. The Morgan fingerprint density at radius 2 is 1.91 bits per heavy atom. The van der Waals surface area contributed by atoms with Crippen LogP contribution in [-0.4, -0.2) is 42.1 Å². The molecule has 1 fully saturated rings. The molecule has 0 saturated carbocycles. The maximum atomic E-state index is 13.3. The van der Waals surface area contributed by atoms with Crippen molar-refractivity contribution in [2.75, 3.05) is 20.2 Å². The summed E-state index contributed by atoms with van der Waals surface area (Å²) in [5.41, 5.74) is 1.60. The SMILES string of the molecule is COc1cc(-n2ccc3cc(-c4ccc(Cl)cc4)sc3c2=O)ccc1OC1CNCC1O. The van der Waals surface area contributed by atoms with Crippen LogP contribution in [-0.2, 0) is 0 Å². The van der Waals surface area contributed by atoms with Gasteiger partial charge in [0.1, 0.15) is 16.9 Å². The fourth-order valence-corrected chi connectivity index (χ4v) is 5.03. The van der Waals surface area contributed by atoms with E-state index in [1.165, 1.54) is 11.3 Å². The van der Waals surface area contributed by atoms with Crippen LogP contribution in [0.1, 0.15) is 0 Å². The number of pyridine rings is 1. The number of fused-ring (bicyclic) bond motifs is 1. The molecular weight excluding hydrogens is 448 g/mol. The molecule has 4 aromatic rings. The number of halogens is 1. The fourth-order valence-electron chi connectivity index (χ4n) is 3.82. The standard InChI is InChI=1S/C24H21ClN2O4S/c1-30-20-11-17(6-7-19(20)31-21-13-26-12-18(21)28)27-9-8-15-10-22(32-23(15)24(27)29)14-2-4-16(25)5-3-14/h2-11,18,21,26,28H,12-13H2,1H3. The lowest BCUT2D eigenvalue weighted by Gasteiger charge is -2.19. The van der Waals surface area contributed by atoms with Crippen molar-refractivity contribution in [2.24, 2.45) is 0 Å². The van der Waals surface area contributed by atoms with Crippen molar-refractivity contribution < 1.29 is 14.6 Å². The number of benzene rings is 2. The topological polar surface area (TPSA) is 72.7 Å². The van der Waals surface area contributed by atoms with Crippen LogP contribution in [0.15, 0.2) is 65.6 Å². The first-order chi connectivity index (χ1) is 15.5. The molecule has 0 aliphatic carbocycles. The summed E-state index contributed by atoms with van der Waals surface area (Å²) < 4.78 is 13.7. The second-order valence-corrected chi connectivity index (χ2v) is 9.10. The molecule has 1 saturated heterocycles. The molecule has 1 aliphatic heterocycles. The number of nitrogens with one attached hydrogen (secondary N) is 1. The molecule has 0 spiro atoms. The Morgan fingerprint density at radius 3 is 2.62 bits per heavy atom. The molecule has 2 N–H and O–H groups in total. The van der Waals surface area contributed by atoms with E-state index in [1.54, 1.807) is 30.0 Å². The molecule has 0 bridgehead atoms. The van der Waals surface area contributed by atoms with Crippen molar-refractivity contribution in [3.8, 4) is 27.6 Å². The fraction of sp³-hybridized carbons (Fsp3) is 0.208. The summed E-state index contributed by atoms with van der Waals surface area (Å²) in [6.07, 6.45) is 0.854. The number of aliphatic hydroxyl groups is 1. The van der Waals surface area contributed by atoms with E-state index in [2.05, 4.69) is 5.32 Å². The number of ether oxygens (including phenoxy) is 2. The summed E-state index contributed by atoms with van der Waals surface area (Å²) in [7, 11) is 1.55. The van der Waals surface area contributed by atoms with Gasteiger partial charge in [-0.05, 0) is 42.0 Å². The monoisotopic (exact) mass is 468 g/mol. The number of aromatic nitrogens is 1. The van der Waals surface area contributed by atoms with E-state index in [9.17, 15) is 9.90 Å². The lowest BCUT2D eigenvalue weighted by atomic mass is 10.2. The minimum Gasteiger partial charge on any atom is -0.493 e. The van der Waals surface area contributed by atoms with Gasteiger partial charge in [-0.25, -0.2) is 0 Å². The second kappa shape index (κ2) is 8.60. The third kappa shape index (κ3) is 3.89. The van der Waals surface area contributed by atoms with Crippen LogP contribution < -0.4 is 20.3 Å². The van der Waals surface area contributed by atoms with E-state index in [0.717, 1.165) is 15.8 Å². The quantitative estimate of drug-likeness (QED) is 0.461. The summed E-state index contributed by atoms with van der Waals surface area (Å²) in [4.78, 5) is 14.3. The van der Waals surface area contributed by atoms with E-state index in [1.807, 2.05) is 42.5 Å². The highest BCUT2D eigenvalue weighted by Gasteiger charge is 2.27. The lowest BCUT2D eigenvalue weighted by Crippen LogP contribution is -2.30. The van der Waals surface area contributed by atoms with E-state index in [0.29, 0.717) is 40.0 Å². The molecule has 0 amide bonds. The molecule has 0 radical (unpaired) electrons. The van der Waals surface area contributed by atoms with Crippen molar-refractivity contribution in [3.63, 3.8) is 0 Å². The number of rotatable bonds is 5. The van der Waals surface area contributed by atoms with Crippen molar-refractivity contribution in [1.82, 2.24) is 9.88 Å². The van der Waals surface area contributed by atoms with Crippen LogP contribution in [0.4, 0.5) is 0 Å². The van der Waals surface area contributed by atoms with Crippen LogP contribution in [0.25, 0.3) is 26.2 Å². The van der Waals surface area contributed by atoms with Gasteiger partial charge in [0, 0.05) is 40.6 Å². The summed E-state index contributed by atoms with van der Waals surface area (Å²) >= 11 is 7.46. The molecule has 2 aromatic heterocycles. The van der Waals surface area contributed by atoms with Gasteiger partial charge in [-0.1, -0.05) is 23.7 Å². The number of methoxy groups -OCH3 is 1. The average Bonchev–Trinajstić information content (AvgIpc) is 3.42. The number of nitrogens with zero attached hydrogens (tertiary/aromatic N) is 1. The first kappa shape index (κ1) is 21.0. The van der Waals surface area contributed by atoms with Gasteiger partial charge in [0.25, 0.3) is 5.56 Å². The largest absolute Gasteiger partial charge is 0.493 e. The van der Waals surface area contributed by atoms with E-state index >= 15 is 0 Å².